The van der Waals surface area contributed by atoms with Gasteiger partial charge >= 0.3 is 0 Å². The van der Waals surface area contributed by atoms with Gasteiger partial charge in [0.15, 0.2) is 0 Å². The first-order valence-corrected chi connectivity index (χ1v) is 10.0. The molecule has 0 fully saturated rings. The predicted octanol–water partition coefficient (Wildman–Crippen LogP) is 4.99. The molecule has 3 nitrogen and oxygen atoms in total. The van der Waals surface area contributed by atoms with E-state index in [9.17, 15) is 13.0 Å². The quantitative estimate of drug-likeness (QED) is 0.390. The van der Waals surface area contributed by atoms with E-state index in [2.05, 4.69) is 26.8 Å². The van der Waals surface area contributed by atoms with Crippen LogP contribution in [0.5, 0.6) is 0 Å². The lowest BCUT2D eigenvalue weighted by atomic mass is 9.69. The minimum atomic E-state index is -3.95. The van der Waals surface area contributed by atoms with E-state index in [0.717, 1.165) is 19.3 Å². The fourth-order valence-electron chi connectivity index (χ4n) is 3.54. The summed E-state index contributed by atoms with van der Waals surface area (Å²) in [6, 6.07) is 0. The Balaban J connectivity index is 2.73. The standard InChI is InChI=1S/C17H32O3S/c1-4-6-7-8-9-13-17(5-2)14-12-16(21(18,19)20)11-10-15(17)3/h12,14-16H,4-11,13H2,1-3H3,(H,18,19,20). The van der Waals surface area contributed by atoms with Gasteiger partial charge < -0.3 is 0 Å². The Labute approximate surface area is 131 Å². The Bertz CT molecular complexity index is 427. The van der Waals surface area contributed by atoms with Crippen molar-refractivity contribution < 1.29 is 13.0 Å². The summed E-state index contributed by atoms with van der Waals surface area (Å²) in [4.78, 5) is 0. The Hall–Kier alpha value is -0.350. The maximum Gasteiger partial charge on any atom is 0.271 e. The molecule has 0 spiro atoms. The van der Waals surface area contributed by atoms with Gasteiger partial charge in [-0.2, -0.15) is 8.42 Å². The molecule has 21 heavy (non-hydrogen) atoms. The second kappa shape index (κ2) is 8.33. The lowest BCUT2D eigenvalue weighted by Gasteiger charge is -2.35. The van der Waals surface area contributed by atoms with Crippen LogP contribution in [0.4, 0.5) is 0 Å². The smallest absolute Gasteiger partial charge is 0.271 e. The molecule has 0 bridgehead atoms. The normalized spacial score (nSPS) is 30.3. The van der Waals surface area contributed by atoms with Crippen molar-refractivity contribution in [1.29, 1.82) is 0 Å². The molecule has 124 valence electrons. The van der Waals surface area contributed by atoms with Crippen LogP contribution in [0.3, 0.4) is 0 Å². The van der Waals surface area contributed by atoms with E-state index in [4.69, 9.17) is 0 Å². The number of hydrogen-bond acceptors (Lipinski definition) is 2. The maximum absolute atomic E-state index is 11.4. The molecule has 1 aliphatic carbocycles. The molecule has 3 atom stereocenters. The number of allylic oxidation sites excluding steroid dienone is 1. The van der Waals surface area contributed by atoms with E-state index < -0.39 is 15.4 Å². The molecule has 3 unspecified atom stereocenters. The first-order valence-electron chi connectivity index (χ1n) is 8.51. The van der Waals surface area contributed by atoms with Crippen LogP contribution in [0.1, 0.15) is 78.6 Å². The van der Waals surface area contributed by atoms with Gasteiger partial charge in [-0.1, -0.05) is 65.0 Å². The third-order valence-corrected chi connectivity index (χ3v) is 6.45. The third kappa shape index (κ3) is 5.41. The highest BCUT2D eigenvalue weighted by Gasteiger charge is 2.35. The summed E-state index contributed by atoms with van der Waals surface area (Å²) in [5.74, 6) is 0.469. The summed E-state index contributed by atoms with van der Waals surface area (Å²) in [5.41, 5.74) is 0.103. The number of hydrogen-bond donors (Lipinski definition) is 1. The largest absolute Gasteiger partial charge is 0.285 e. The van der Waals surface area contributed by atoms with Crippen molar-refractivity contribution in [3.63, 3.8) is 0 Å². The van der Waals surface area contributed by atoms with Crippen LogP contribution in [0.15, 0.2) is 12.2 Å². The summed E-state index contributed by atoms with van der Waals surface area (Å²) in [5, 5.41) is -0.714. The van der Waals surface area contributed by atoms with Gasteiger partial charge in [0, 0.05) is 0 Å². The van der Waals surface area contributed by atoms with E-state index in [1.165, 1.54) is 32.1 Å². The highest BCUT2D eigenvalue weighted by Crippen LogP contribution is 2.43. The highest BCUT2D eigenvalue weighted by atomic mass is 32.2. The van der Waals surface area contributed by atoms with Crippen molar-refractivity contribution in [1.82, 2.24) is 0 Å². The fourth-order valence-corrected chi connectivity index (χ4v) is 4.25. The molecule has 0 aromatic carbocycles. The fraction of sp³-hybridized carbons (Fsp3) is 0.882. The molecule has 0 aliphatic heterocycles. The summed E-state index contributed by atoms with van der Waals surface area (Å²) in [7, 11) is -3.95. The molecule has 0 aromatic heterocycles. The maximum atomic E-state index is 11.4. The van der Waals surface area contributed by atoms with Crippen molar-refractivity contribution in [2.45, 2.75) is 83.8 Å². The molecule has 0 radical (unpaired) electrons. The summed E-state index contributed by atoms with van der Waals surface area (Å²) in [6.45, 7) is 6.64. The van der Waals surface area contributed by atoms with Crippen LogP contribution >= 0.6 is 0 Å². The Morgan fingerprint density at radius 3 is 2.38 bits per heavy atom. The molecule has 0 saturated heterocycles. The molecule has 1 aliphatic rings. The van der Waals surface area contributed by atoms with E-state index in [-0.39, 0.29) is 5.41 Å². The predicted molar refractivity (Wildman–Crippen MR) is 89.0 cm³/mol. The summed E-state index contributed by atoms with van der Waals surface area (Å²) >= 11 is 0. The van der Waals surface area contributed by atoms with Crippen LogP contribution in [0.25, 0.3) is 0 Å². The minimum Gasteiger partial charge on any atom is -0.285 e. The second-order valence-electron chi connectivity index (χ2n) is 6.64. The van der Waals surface area contributed by atoms with Crippen molar-refractivity contribution >= 4 is 10.1 Å². The zero-order valence-corrected chi connectivity index (χ0v) is 14.7. The van der Waals surface area contributed by atoms with Gasteiger partial charge in [-0.05, 0) is 37.0 Å². The van der Waals surface area contributed by atoms with E-state index in [1.807, 2.05) is 0 Å². The van der Waals surface area contributed by atoms with Gasteiger partial charge in [-0.25, -0.2) is 0 Å². The SMILES string of the molecule is CCCCCCCC1(CC)C=CC(S(=O)(=O)O)CCC1C. The second-order valence-corrected chi connectivity index (χ2v) is 8.28. The molecule has 1 rings (SSSR count). The molecule has 0 aromatic rings. The lowest BCUT2D eigenvalue weighted by Crippen LogP contribution is -2.25. The van der Waals surface area contributed by atoms with Crippen LogP contribution in [-0.2, 0) is 10.1 Å². The van der Waals surface area contributed by atoms with E-state index in [0.29, 0.717) is 12.3 Å². The monoisotopic (exact) mass is 316 g/mol. The van der Waals surface area contributed by atoms with Crippen molar-refractivity contribution in [2.24, 2.45) is 11.3 Å². The van der Waals surface area contributed by atoms with Crippen molar-refractivity contribution in [2.75, 3.05) is 0 Å². The molecule has 1 N–H and O–H groups in total. The molecule has 0 heterocycles. The Morgan fingerprint density at radius 2 is 1.81 bits per heavy atom. The van der Waals surface area contributed by atoms with Gasteiger partial charge in [-0.15, -0.1) is 0 Å². The Morgan fingerprint density at radius 1 is 1.14 bits per heavy atom. The van der Waals surface area contributed by atoms with Gasteiger partial charge in [0.25, 0.3) is 10.1 Å². The summed E-state index contributed by atoms with van der Waals surface area (Å²) in [6.07, 6.45) is 13.7. The first kappa shape index (κ1) is 18.7. The summed E-state index contributed by atoms with van der Waals surface area (Å²) < 4.78 is 32.1. The van der Waals surface area contributed by atoms with Crippen molar-refractivity contribution in [3.8, 4) is 0 Å². The zero-order chi connectivity index (χ0) is 15.9. The van der Waals surface area contributed by atoms with Crippen LogP contribution in [0.2, 0.25) is 0 Å². The number of rotatable bonds is 8. The molecular weight excluding hydrogens is 284 g/mol. The molecular formula is C17H32O3S. The highest BCUT2D eigenvalue weighted by molar-refractivity contribution is 7.86. The molecule has 4 heteroatoms. The van der Waals surface area contributed by atoms with Gasteiger partial charge in [0.2, 0.25) is 0 Å². The molecule has 0 amide bonds. The topological polar surface area (TPSA) is 54.4 Å². The average Bonchev–Trinajstić information content (AvgIpc) is 2.59. The third-order valence-electron chi connectivity index (χ3n) is 5.30. The van der Waals surface area contributed by atoms with E-state index >= 15 is 0 Å². The minimum absolute atomic E-state index is 0.103. The van der Waals surface area contributed by atoms with Gasteiger partial charge in [0.1, 0.15) is 5.25 Å². The van der Waals surface area contributed by atoms with E-state index in [1.54, 1.807) is 6.08 Å². The van der Waals surface area contributed by atoms with Crippen LogP contribution in [-0.4, -0.2) is 18.2 Å². The zero-order valence-electron chi connectivity index (χ0n) is 13.8. The average molecular weight is 317 g/mol. The van der Waals surface area contributed by atoms with Crippen LogP contribution in [0, 0.1) is 11.3 Å². The Kier molecular flexibility index (Phi) is 7.41. The van der Waals surface area contributed by atoms with Crippen molar-refractivity contribution in [3.05, 3.63) is 12.2 Å². The van der Waals surface area contributed by atoms with Gasteiger partial charge in [-0.3, -0.25) is 4.55 Å². The van der Waals surface area contributed by atoms with Gasteiger partial charge in [0.05, 0.1) is 0 Å². The first-order chi connectivity index (χ1) is 9.85. The lowest BCUT2D eigenvalue weighted by molar-refractivity contribution is 0.201. The number of unbranched alkanes of at least 4 members (excludes halogenated alkanes) is 4. The van der Waals surface area contributed by atoms with Crippen LogP contribution < -0.4 is 0 Å². The molecule has 0 saturated carbocycles.